The van der Waals surface area contributed by atoms with Crippen LogP contribution >= 0.6 is 0 Å². The number of hydrogen-bond acceptors (Lipinski definition) is 4. The quantitative estimate of drug-likeness (QED) is 0.702. The lowest BCUT2D eigenvalue weighted by Crippen LogP contribution is -2.26. The van der Waals surface area contributed by atoms with Crippen molar-refractivity contribution in [2.75, 3.05) is 5.73 Å². The molecule has 0 spiro atoms. The van der Waals surface area contributed by atoms with Gasteiger partial charge in [0.25, 0.3) is 5.56 Å². The second kappa shape index (κ2) is 4.00. The standard InChI is InChI=1S/C11H16N2O3/c1-6-8(12)7(5-13-9(6)14)10(15)16-11(2,3)4/h5H,1-4H3,(H3,12,13,14). The Balaban J connectivity index is 3.11. The molecule has 0 atom stereocenters. The molecule has 0 bridgehead atoms. The number of nitrogens with two attached hydrogens (primary N) is 1. The largest absolute Gasteiger partial charge is 0.456 e. The van der Waals surface area contributed by atoms with Crippen molar-refractivity contribution in [3.63, 3.8) is 0 Å². The van der Waals surface area contributed by atoms with Gasteiger partial charge in [-0.15, -0.1) is 0 Å². The maximum Gasteiger partial charge on any atom is 0.342 e. The zero-order chi connectivity index (χ0) is 12.5. The van der Waals surface area contributed by atoms with Crippen molar-refractivity contribution in [3.8, 4) is 0 Å². The Kier molecular flexibility index (Phi) is 3.07. The number of ether oxygens (including phenoxy) is 1. The molecule has 0 aliphatic heterocycles. The lowest BCUT2D eigenvalue weighted by molar-refractivity contribution is 0.00702. The fourth-order valence-electron chi connectivity index (χ4n) is 1.15. The first-order chi connectivity index (χ1) is 7.22. The third-order valence-corrected chi connectivity index (χ3v) is 2.00. The van der Waals surface area contributed by atoms with E-state index >= 15 is 0 Å². The number of aromatic amines is 1. The summed E-state index contributed by atoms with van der Waals surface area (Å²) in [4.78, 5) is 25.4. The summed E-state index contributed by atoms with van der Waals surface area (Å²) >= 11 is 0. The molecule has 3 N–H and O–H groups in total. The molecular weight excluding hydrogens is 208 g/mol. The molecule has 0 aliphatic carbocycles. The van der Waals surface area contributed by atoms with E-state index < -0.39 is 11.6 Å². The highest BCUT2D eigenvalue weighted by Gasteiger charge is 2.21. The lowest BCUT2D eigenvalue weighted by Gasteiger charge is -2.20. The van der Waals surface area contributed by atoms with Crippen LogP contribution in [0.15, 0.2) is 11.0 Å². The van der Waals surface area contributed by atoms with Gasteiger partial charge in [0.1, 0.15) is 5.60 Å². The predicted molar refractivity (Wildman–Crippen MR) is 61.4 cm³/mol. The molecule has 0 saturated carbocycles. The number of nitrogens with one attached hydrogen (secondary N) is 1. The van der Waals surface area contributed by atoms with E-state index in [4.69, 9.17) is 10.5 Å². The molecule has 0 amide bonds. The van der Waals surface area contributed by atoms with E-state index in [1.54, 1.807) is 27.7 Å². The fraction of sp³-hybridized carbons (Fsp3) is 0.455. The molecule has 1 aromatic rings. The average Bonchev–Trinajstić information content (AvgIpc) is 2.11. The van der Waals surface area contributed by atoms with Crippen LogP contribution in [0.25, 0.3) is 0 Å². The zero-order valence-electron chi connectivity index (χ0n) is 9.88. The second-order valence-electron chi connectivity index (χ2n) is 4.57. The number of aromatic nitrogens is 1. The molecule has 0 fully saturated rings. The highest BCUT2D eigenvalue weighted by molar-refractivity contribution is 5.95. The Morgan fingerprint density at radius 2 is 2.00 bits per heavy atom. The number of carbonyl (C=O) groups excluding carboxylic acids is 1. The van der Waals surface area contributed by atoms with Crippen LogP contribution in [-0.4, -0.2) is 16.6 Å². The maximum absolute atomic E-state index is 11.7. The third-order valence-electron chi connectivity index (χ3n) is 2.00. The first-order valence-corrected chi connectivity index (χ1v) is 4.93. The van der Waals surface area contributed by atoms with E-state index in [2.05, 4.69) is 4.98 Å². The van der Waals surface area contributed by atoms with Gasteiger partial charge in [0.15, 0.2) is 0 Å². The zero-order valence-corrected chi connectivity index (χ0v) is 9.88. The van der Waals surface area contributed by atoms with E-state index in [0.29, 0.717) is 5.56 Å². The van der Waals surface area contributed by atoms with E-state index in [-0.39, 0.29) is 16.8 Å². The van der Waals surface area contributed by atoms with E-state index in [1.165, 1.54) is 6.20 Å². The highest BCUT2D eigenvalue weighted by atomic mass is 16.6. The first-order valence-electron chi connectivity index (χ1n) is 4.93. The molecular formula is C11H16N2O3. The Bertz CT molecular complexity index is 469. The maximum atomic E-state index is 11.7. The van der Waals surface area contributed by atoms with Crippen LogP contribution in [0, 0.1) is 6.92 Å². The van der Waals surface area contributed by atoms with E-state index in [0.717, 1.165) is 0 Å². The molecule has 1 aromatic heterocycles. The van der Waals surface area contributed by atoms with Crippen molar-refractivity contribution < 1.29 is 9.53 Å². The SMILES string of the molecule is Cc1c(N)c(C(=O)OC(C)(C)C)c[nH]c1=O. The highest BCUT2D eigenvalue weighted by Crippen LogP contribution is 2.17. The van der Waals surface area contributed by atoms with Crippen LogP contribution in [0.2, 0.25) is 0 Å². The Hall–Kier alpha value is -1.78. The summed E-state index contributed by atoms with van der Waals surface area (Å²) in [6.07, 6.45) is 1.28. The molecule has 0 saturated heterocycles. The summed E-state index contributed by atoms with van der Waals surface area (Å²) in [7, 11) is 0. The van der Waals surface area contributed by atoms with Gasteiger partial charge in [-0.2, -0.15) is 0 Å². The molecule has 1 rings (SSSR count). The molecule has 0 radical (unpaired) electrons. The van der Waals surface area contributed by atoms with Crippen molar-refractivity contribution in [2.24, 2.45) is 0 Å². The van der Waals surface area contributed by atoms with Gasteiger partial charge >= 0.3 is 5.97 Å². The summed E-state index contributed by atoms with van der Waals surface area (Å²) in [5, 5.41) is 0. The molecule has 0 aromatic carbocycles. The minimum Gasteiger partial charge on any atom is -0.456 e. The minimum absolute atomic E-state index is 0.165. The summed E-state index contributed by atoms with van der Waals surface area (Å²) in [6, 6.07) is 0. The number of carbonyl (C=O) groups is 1. The van der Waals surface area contributed by atoms with Crippen molar-refractivity contribution in [1.29, 1.82) is 0 Å². The molecule has 16 heavy (non-hydrogen) atoms. The van der Waals surface area contributed by atoms with Gasteiger partial charge in [0, 0.05) is 11.8 Å². The van der Waals surface area contributed by atoms with Crippen molar-refractivity contribution in [1.82, 2.24) is 4.98 Å². The number of hydrogen-bond donors (Lipinski definition) is 2. The lowest BCUT2D eigenvalue weighted by atomic mass is 10.1. The minimum atomic E-state index is -0.590. The molecule has 1 heterocycles. The Morgan fingerprint density at radius 3 is 2.50 bits per heavy atom. The van der Waals surface area contributed by atoms with Crippen LogP contribution in [0.3, 0.4) is 0 Å². The molecule has 5 heteroatoms. The van der Waals surface area contributed by atoms with Crippen LogP contribution in [0.4, 0.5) is 5.69 Å². The van der Waals surface area contributed by atoms with Crippen molar-refractivity contribution >= 4 is 11.7 Å². The predicted octanol–water partition coefficient (Wildman–Crippen LogP) is 1.22. The molecule has 0 aliphatic rings. The normalized spacial score (nSPS) is 11.2. The van der Waals surface area contributed by atoms with Gasteiger partial charge in [0.2, 0.25) is 0 Å². The monoisotopic (exact) mass is 224 g/mol. The number of esters is 1. The number of pyridine rings is 1. The van der Waals surface area contributed by atoms with Gasteiger partial charge in [-0.1, -0.05) is 0 Å². The van der Waals surface area contributed by atoms with Crippen molar-refractivity contribution in [2.45, 2.75) is 33.3 Å². The number of anilines is 1. The molecule has 5 nitrogen and oxygen atoms in total. The van der Waals surface area contributed by atoms with Gasteiger partial charge < -0.3 is 15.5 Å². The van der Waals surface area contributed by atoms with E-state index in [9.17, 15) is 9.59 Å². The summed E-state index contributed by atoms with van der Waals surface area (Å²) in [6.45, 7) is 6.85. The van der Waals surface area contributed by atoms with Gasteiger partial charge in [0.05, 0.1) is 11.3 Å². The summed E-state index contributed by atoms with van der Waals surface area (Å²) in [5.74, 6) is -0.538. The average molecular weight is 224 g/mol. The second-order valence-corrected chi connectivity index (χ2v) is 4.57. The van der Waals surface area contributed by atoms with Crippen LogP contribution in [0.1, 0.15) is 36.7 Å². The van der Waals surface area contributed by atoms with Gasteiger partial charge in [-0.3, -0.25) is 4.79 Å². The van der Waals surface area contributed by atoms with Crippen LogP contribution in [-0.2, 0) is 4.74 Å². The number of rotatable bonds is 1. The number of nitrogen functional groups attached to an aromatic ring is 1. The van der Waals surface area contributed by atoms with Gasteiger partial charge in [-0.05, 0) is 27.7 Å². The molecule has 0 unspecified atom stereocenters. The van der Waals surface area contributed by atoms with Crippen LogP contribution < -0.4 is 11.3 Å². The van der Waals surface area contributed by atoms with Gasteiger partial charge in [-0.25, -0.2) is 4.79 Å². The summed E-state index contributed by atoms with van der Waals surface area (Å²) in [5.41, 5.74) is 5.47. The Morgan fingerprint density at radius 1 is 1.44 bits per heavy atom. The topological polar surface area (TPSA) is 85.2 Å². The first kappa shape index (κ1) is 12.3. The summed E-state index contributed by atoms with van der Waals surface area (Å²) < 4.78 is 5.16. The van der Waals surface area contributed by atoms with Crippen LogP contribution in [0.5, 0.6) is 0 Å². The number of H-pyrrole nitrogens is 1. The fourth-order valence-corrected chi connectivity index (χ4v) is 1.15. The third kappa shape index (κ3) is 2.62. The molecule has 88 valence electrons. The smallest absolute Gasteiger partial charge is 0.342 e. The van der Waals surface area contributed by atoms with Crippen molar-refractivity contribution in [3.05, 3.63) is 27.7 Å². The van der Waals surface area contributed by atoms with E-state index in [1.807, 2.05) is 0 Å². The Labute approximate surface area is 93.6 Å².